The van der Waals surface area contributed by atoms with Crippen molar-refractivity contribution >= 4 is 50.3 Å². The molecule has 0 bridgehead atoms. The van der Waals surface area contributed by atoms with Crippen LogP contribution in [0.2, 0.25) is 0 Å². The number of aryl methyl sites for hydroxylation is 3. The van der Waals surface area contributed by atoms with Gasteiger partial charge in [0.25, 0.3) is 0 Å². The van der Waals surface area contributed by atoms with Crippen molar-refractivity contribution in [3.63, 3.8) is 0 Å². The molecule has 5 fully saturated rings. The molecule has 2 spiro atoms. The van der Waals surface area contributed by atoms with E-state index in [1.54, 1.807) is 60.7 Å². The van der Waals surface area contributed by atoms with Gasteiger partial charge in [0, 0.05) is 165 Å². The SMILES string of the molecule is C.C.C.CSc1nc(-c2ccccc2F)c2c(n1)[C@]1(C)CCC3(OCCO3)[C@H](C)[C@H]1CC2.Cc1cc(-c2nc(-c3ccccc3F)c3c(n2)[C@]2(C)CCC(=O)[C@H](C)[C@H]2CC3)c2cccc(F)c2n1.Cc1cc(-c2nc(-c3ccccc3F)c3c(n2)[C@]2(C)CCC4(OCCO4)[C@H](C)[C@H]2CC3)c2cccc(F)c2n1.Cc1cc(-c2nc(-c3ccccc3F)c3c(n2)[C@]2(C)Cc4cnoc4[C@H](C)[C@H]2CC3)c2cccc(F)c2n1. The van der Waals surface area contributed by atoms with E-state index >= 15 is 13.2 Å². The Morgan fingerprint density at radius 3 is 1.03 bits per heavy atom. The molecule has 26 heteroatoms. The number of thioether (sulfide) groups is 1. The van der Waals surface area contributed by atoms with Crippen molar-refractivity contribution in [2.24, 2.45) is 41.4 Å². The summed E-state index contributed by atoms with van der Waals surface area (Å²) >= 11 is 1.52. The third kappa shape index (κ3) is 17.0. The van der Waals surface area contributed by atoms with Crippen LogP contribution in [0.15, 0.2) is 186 Å². The van der Waals surface area contributed by atoms with Crippen molar-refractivity contribution in [2.75, 3.05) is 32.7 Å². The monoisotopic (exact) mass is 1980 g/mol. The van der Waals surface area contributed by atoms with E-state index in [0.29, 0.717) is 175 Å². The minimum atomic E-state index is -0.540. The fraction of sp³-hybridized carbons (Fsp3) is 0.403. The number of ketones is 1. The van der Waals surface area contributed by atoms with Crippen LogP contribution in [-0.2, 0) is 77.5 Å². The Morgan fingerprint density at radius 1 is 0.345 bits per heavy atom. The molecule has 8 aromatic heterocycles. The molecule has 10 aliphatic rings. The maximum absolute atomic E-state index is 15.3. The van der Waals surface area contributed by atoms with E-state index in [1.807, 2.05) is 107 Å². The predicted octanol–water partition coefficient (Wildman–Crippen LogP) is 27.7. The summed E-state index contributed by atoms with van der Waals surface area (Å²) in [6, 6.07) is 47.5. The average molecular weight is 1980 g/mol. The molecular weight excluding hydrogens is 1860 g/mol. The number of hydrogen-bond donors (Lipinski definition) is 0. The zero-order valence-corrected chi connectivity index (χ0v) is 82.5. The van der Waals surface area contributed by atoms with Gasteiger partial charge in [0.1, 0.15) is 68.8 Å². The highest BCUT2D eigenvalue weighted by Gasteiger charge is 2.61. The first-order valence-electron chi connectivity index (χ1n) is 49.8. The number of aromatic nitrogens is 12. The van der Waals surface area contributed by atoms with Crippen LogP contribution < -0.4 is 0 Å². The lowest BCUT2D eigenvalue weighted by atomic mass is 9.54. The molecule has 0 amide bonds. The molecule has 0 radical (unpaired) electrons. The summed E-state index contributed by atoms with van der Waals surface area (Å²) in [5, 5.41) is 6.69. The molecule has 2 aliphatic heterocycles. The van der Waals surface area contributed by atoms with Gasteiger partial charge in [-0.05, 0) is 213 Å². The molecule has 12 atom stereocenters. The molecule has 15 aromatic rings. The number of Topliss-reactive ketones (excluding diaryl/α,β-unsaturated/α-hetero) is 1. The van der Waals surface area contributed by atoms with Crippen LogP contribution in [0.3, 0.4) is 0 Å². The first kappa shape index (κ1) is 101. The van der Waals surface area contributed by atoms with Gasteiger partial charge in [-0.3, -0.25) is 4.79 Å². The molecule has 0 unspecified atom stereocenters. The maximum Gasteiger partial charge on any atom is 0.188 e. The van der Waals surface area contributed by atoms with Gasteiger partial charge < -0.3 is 23.5 Å². The van der Waals surface area contributed by atoms with Crippen LogP contribution >= 0.6 is 11.8 Å². The zero-order valence-electron chi connectivity index (χ0n) is 81.7. The molecule has 7 aromatic carbocycles. The van der Waals surface area contributed by atoms with Crippen LogP contribution in [-0.4, -0.2) is 110 Å². The lowest BCUT2D eigenvalue weighted by Gasteiger charge is -2.54. The van der Waals surface area contributed by atoms with Crippen LogP contribution in [0.5, 0.6) is 0 Å². The number of fused-ring (bicyclic) bond motifs is 16. The van der Waals surface area contributed by atoms with Crippen LogP contribution in [0.25, 0.3) is 112 Å². The summed E-state index contributed by atoms with van der Waals surface area (Å²) < 4.78 is 135. The molecular formula is C119H123F7N12O6S. The van der Waals surface area contributed by atoms with Gasteiger partial charge in [-0.2, -0.15) is 0 Å². The first-order valence-corrected chi connectivity index (χ1v) is 51.0. The first-order chi connectivity index (χ1) is 68.4. The number of ether oxygens (including phenoxy) is 4. The third-order valence-electron chi connectivity index (χ3n) is 33.8. The van der Waals surface area contributed by atoms with E-state index in [-0.39, 0.29) is 125 Å². The van der Waals surface area contributed by atoms with Gasteiger partial charge in [0.2, 0.25) is 0 Å². The second kappa shape index (κ2) is 39.1. The van der Waals surface area contributed by atoms with Crippen molar-refractivity contribution in [2.45, 2.75) is 239 Å². The maximum atomic E-state index is 15.3. The number of para-hydroxylation sites is 3. The van der Waals surface area contributed by atoms with E-state index in [9.17, 15) is 22.4 Å². The Balaban J connectivity index is 0.000000122. The summed E-state index contributed by atoms with van der Waals surface area (Å²) in [6.07, 6.45) is 15.9. The van der Waals surface area contributed by atoms with Crippen molar-refractivity contribution in [3.05, 3.63) is 290 Å². The number of benzene rings is 7. The number of nitrogens with zero attached hydrogens (tertiary/aromatic N) is 12. The number of carbonyl (C=O) groups is 1. The Bertz CT molecular complexity index is 7600. The fourth-order valence-electron chi connectivity index (χ4n) is 26.7. The average Bonchev–Trinajstić information content (AvgIpc) is 1.66. The Labute approximate surface area is 846 Å². The van der Waals surface area contributed by atoms with Crippen LogP contribution in [0.1, 0.15) is 221 Å². The minimum Gasteiger partial charge on any atom is -0.361 e. The van der Waals surface area contributed by atoms with Crippen LogP contribution in [0.4, 0.5) is 30.7 Å². The zero-order chi connectivity index (χ0) is 98.5. The predicted molar refractivity (Wildman–Crippen MR) is 553 cm³/mol. The van der Waals surface area contributed by atoms with E-state index in [4.69, 9.17) is 63.3 Å². The highest BCUT2D eigenvalue weighted by Crippen LogP contribution is 2.62. The molecule has 750 valence electrons. The molecule has 18 nitrogen and oxygen atoms in total. The number of hydrogen-bond acceptors (Lipinski definition) is 19. The number of pyridine rings is 3. The highest BCUT2D eigenvalue weighted by molar-refractivity contribution is 7.98. The quantitative estimate of drug-likeness (QED) is 0.0783. The van der Waals surface area contributed by atoms with Gasteiger partial charge in [-0.25, -0.2) is 85.6 Å². The van der Waals surface area contributed by atoms with E-state index in [0.717, 1.165) is 139 Å². The van der Waals surface area contributed by atoms with Gasteiger partial charge >= 0.3 is 0 Å². The number of rotatable bonds is 8. The van der Waals surface area contributed by atoms with Crippen molar-refractivity contribution in [1.29, 1.82) is 0 Å². The second-order valence-corrected chi connectivity index (χ2v) is 42.4. The van der Waals surface area contributed by atoms with Crippen molar-refractivity contribution in [1.82, 2.24) is 60.0 Å². The molecule has 145 heavy (non-hydrogen) atoms. The van der Waals surface area contributed by atoms with Gasteiger partial charge in [0.15, 0.2) is 34.2 Å². The molecule has 0 N–H and O–H groups in total. The number of halogens is 7. The number of carbonyl (C=O) groups excluding carboxylic acids is 1. The summed E-state index contributed by atoms with van der Waals surface area (Å²) in [5.41, 5.74) is 17.3. The Hall–Kier alpha value is -12.3. The topological polar surface area (TPSA) is 222 Å². The summed E-state index contributed by atoms with van der Waals surface area (Å²) in [7, 11) is 0. The summed E-state index contributed by atoms with van der Waals surface area (Å²) in [4.78, 5) is 66.3. The lowest BCUT2D eigenvalue weighted by Crippen LogP contribution is -2.55. The molecule has 3 saturated carbocycles. The lowest BCUT2D eigenvalue weighted by molar-refractivity contribution is -0.235. The Kier molecular flexibility index (Phi) is 27.3. The van der Waals surface area contributed by atoms with Crippen molar-refractivity contribution < 1.29 is 59.0 Å². The Morgan fingerprint density at radius 2 is 0.669 bits per heavy atom. The minimum absolute atomic E-state index is 0. The van der Waals surface area contributed by atoms with Gasteiger partial charge in [-0.1, -0.05) is 180 Å². The molecule has 10 heterocycles. The van der Waals surface area contributed by atoms with E-state index in [1.165, 1.54) is 54.2 Å². The molecule has 8 aliphatic carbocycles. The van der Waals surface area contributed by atoms with Crippen LogP contribution in [0, 0.1) is 103 Å². The largest absolute Gasteiger partial charge is 0.361 e. The van der Waals surface area contributed by atoms with Crippen molar-refractivity contribution in [3.8, 4) is 79.2 Å². The molecule has 2 saturated heterocycles. The van der Waals surface area contributed by atoms with Gasteiger partial charge in [-0.15, -0.1) is 0 Å². The fourth-order valence-corrected chi connectivity index (χ4v) is 27.0. The smallest absolute Gasteiger partial charge is 0.188 e. The molecule has 25 rings (SSSR count). The summed E-state index contributed by atoms with van der Waals surface area (Å²) in [5.74, 6) is 0.955. The standard InChI is InChI=1S/C32H31F2N3O2.C31H26F2N4O.C30H27F2N3O.C23H27FN2O2S.3CH4/c1-18-17-23(20-8-6-10-26(34)28(20)35-18)30-36-27(21-7-4-5-9-25(21)33)22-11-12-24-19(2)32(38-15-16-39-32)14-13-31(24,3)29(22)37-30;1-16-13-22(19-8-6-10-25(33)27(19)35-16)30-36-26(20-7-4-5-9-24(20)32)21-11-12-23-17(2)28-18(15-34-38-28)14-31(23,3)29(21)37-30;1-16-15-21(18-8-6-10-24(32)27(18)33-16)29-34-26(19-7-4-5-9-23(19)31)20-11-12-22-17(2)25(36)13-14-30(22,3)28(20)35-29;1-14-17-9-8-16-19(15-6-4-5-7-18(15)24)25-21(29-3)26-20(16)22(17,2)10-11-23(14)27-12-13-28-23;;;/h4-10,17,19,24H,11-16H2,1-3H3;4-10,13,15,17,23H,11-12,14H2,1-3H3;4-10,15,17,22H,11-14H2,1-3H3;4-7,14,17H,8-13H2,1-3H3;3*1H4/t19-,24-,31-;17-,23-,31-;17-,22-,30-;14-,17-,22-;;;/m1111.../s1. The van der Waals surface area contributed by atoms with Gasteiger partial charge in [0.05, 0.1) is 78.2 Å². The van der Waals surface area contributed by atoms with E-state index in [2.05, 4.69) is 68.6 Å². The normalized spacial score (nSPS) is 24.5. The third-order valence-corrected chi connectivity index (χ3v) is 34.4. The highest BCUT2D eigenvalue weighted by atomic mass is 32.2. The van der Waals surface area contributed by atoms with E-state index < -0.39 is 23.2 Å². The second-order valence-electron chi connectivity index (χ2n) is 41.6. The summed E-state index contributed by atoms with van der Waals surface area (Å²) in [6.45, 7) is 25.9.